The van der Waals surface area contributed by atoms with E-state index in [2.05, 4.69) is 53.8 Å². The van der Waals surface area contributed by atoms with Gasteiger partial charge in [0.15, 0.2) is 0 Å². The molecule has 3 rings (SSSR count). The predicted molar refractivity (Wildman–Crippen MR) is 89.8 cm³/mol. The van der Waals surface area contributed by atoms with Crippen LogP contribution in [0.25, 0.3) is 0 Å². The zero-order valence-electron chi connectivity index (χ0n) is 13.7. The zero-order chi connectivity index (χ0) is 16.2. The van der Waals surface area contributed by atoms with Gasteiger partial charge in [0.2, 0.25) is 5.91 Å². The Kier molecular flexibility index (Phi) is 4.76. The molecule has 0 bridgehead atoms. The summed E-state index contributed by atoms with van der Waals surface area (Å²) in [6.07, 6.45) is 5.31. The number of benzene rings is 1. The molecule has 0 spiro atoms. The number of amides is 1. The second-order valence-electron chi connectivity index (χ2n) is 6.19. The Labute approximate surface area is 137 Å². The Bertz CT molecular complexity index is 679. The second-order valence-corrected chi connectivity index (χ2v) is 6.19. The van der Waals surface area contributed by atoms with Crippen molar-refractivity contribution in [1.29, 1.82) is 0 Å². The average Bonchev–Trinajstić information content (AvgIpc) is 3.02. The van der Waals surface area contributed by atoms with Crippen LogP contribution >= 0.6 is 0 Å². The highest BCUT2D eigenvalue weighted by Gasteiger charge is 2.30. The molecule has 5 heteroatoms. The average molecular weight is 312 g/mol. The molecule has 1 amide bonds. The second kappa shape index (κ2) is 6.96. The lowest BCUT2D eigenvalue weighted by Crippen LogP contribution is -2.48. The maximum Gasteiger partial charge on any atom is 0.220 e. The number of aromatic nitrogens is 2. The number of hydrogen-bond acceptors (Lipinski definition) is 3. The molecule has 5 nitrogen and oxygen atoms in total. The van der Waals surface area contributed by atoms with E-state index in [-0.39, 0.29) is 18.0 Å². The summed E-state index contributed by atoms with van der Waals surface area (Å²) in [5.41, 5.74) is 3.61. The minimum atomic E-state index is -0.0126. The number of nitrogens with one attached hydrogen (secondary N) is 2. The van der Waals surface area contributed by atoms with Gasteiger partial charge in [0, 0.05) is 37.3 Å². The van der Waals surface area contributed by atoms with Gasteiger partial charge in [-0.1, -0.05) is 29.8 Å². The Hall–Kier alpha value is -2.14. The fourth-order valence-corrected chi connectivity index (χ4v) is 3.12. The van der Waals surface area contributed by atoms with Gasteiger partial charge in [-0.05, 0) is 25.8 Å². The predicted octanol–water partition coefficient (Wildman–Crippen LogP) is 2.32. The molecule has 2 atom stereocenters. The van der Waals surface area contributed by atoms with E-state index in [4.69, 9.17) is 0 Å². The SMILES string of the molecule is CCn1cc([C@@H]2NC(=O)CC[C@H]2NCc2cccc(C)c2)cn1. The van der Waals surface area contributed by atoms with Crippen LogP contribution in [0.1, 0.15) is 42.5 Å². The van der Waals surface area contributed by atoms with Gasteiger partial charge in [-0.2, -0.15) is 5.10 Å². The van der Waals surface area contributed by atoms with Gasteiger partial charge in [-0.3, -0.25) is 9.48 Å². The lowest BCUT2D eigenvalue weighted by Gasteiger charge is -2.32. The maximum atomic E-state index is 11.8. The minimum Gasteiger partial charge on any atom is -0.348 e. The van der Waals surface area contributed by atoms with Crippen LogP contribution in [0, 0.1) is 6.92 Å². The highest BCUT2D eigenvalue weighted by molar-refractivity contribution is 5.77. The van der Waals surface area contributed by atoms with E-state index >= 15 is 0 Å². The van der Waals surface area contributed by atoms with Crippen molar-refractivity contribution >= 4 is 5.91 Å². The number of hydrogen-bond donors (Lipinski definition) is 2. The molecule has 1 aliphatic rings. The third-order valence-corrected chi connectivity index (χ3v) is 4.39. The van der Waals surface area contributed by atoms with E-state index in [1.54, 1.807) is 0 Å². The van der Waals surface area contributed by atoms with Crippen molar-refractivity contribution < 1.29 is 4.79 Å². The minimum absolute atomic E-state index is 0.0126. The van der Waals surface area contributed by atoms with Gasteiger partial charge in [0.1, 0.15) is 0 Å². The number of nitrogens with zero attached hydrogens (tertiary/aromatic N) is 2. The largest absolute Gasteiger partial charge is 0.348 e. The number of piperidine rings is 1. The van der Waals surface area contributed by atoms with Gasteiger partial charge in [-0.15, -0.1) is 0 Å². The Morgan fingerprint density at radius 3 is 3.04 bits per heavy atom. The van der Waals surface area contributed by atoms with Crippen LogP contribution in [0.4, 0.5) is 0 Å². The standard InChI is InChI=1S/C18H24N4O/c1-3-22-12-15(11-20-22)18-16(7-8-17(23)21-18)19-10-14-6-4-5-13(2)9-14/h4-6,9,11-12,16,18-19H,3,7-8,10H2,1-2H3,(H,21,23)/t16-,18+/m1/s1. The molecule has 0 unspecified atom stereocenters. The summed E-state index contributed by atoms with van der Waals surface area (Å²) in [7, 11) is 0. The van der Waals surface area contributed by atoms with Crippen LogP contribution in [0.2, 0.25) is 0 Å². The van der Waals surface area contributed by atoms with Crippen molar-refractivity contribution in [2.24, 2.45) is 0 Å². The topological polar surface area (TPSA) is 59.0 Å². The van der Waals surface area contributed by atoms with E-state index in [9.17, 15) is 4.79 Å². The van der Waals surface area contributed by atoms with Crippen molar-refractivity contribution in [3.8, 4) is 0 Å². The van der Waals surface area contributed by atoms with Gasteiger partial charge >= 0.3 is 0 Å². The first-order chi connectivity index (χ1) is 11.2. The first-order valence-electron chi connectivity index (χ1n) is 8.26. The molecule has 0 saturated carbocycles. The van der Waals surface area contributed by atoms with Crippen LogP contribution in [-0.4, -0.2) is 21.7 Å². The van der Waals surface area contributed by atoms with E-state index in [1.807, 2.05) is 17.1 Å². The lowest BCUT2D eigenvalue weighted by molar-refractivity contribution is -0.123. The quantitative estimate of drug-likeness (QED) is 0.891. The van der Waals surface area contributed by atoms with Gasteiger partial charge in [-0.25, -0.2) is 0 Å². The Morgan fingerprint density at radius 1 is 1.43 bits per heavy atom. The molecular formula is C18H24N4O. The normalized spacial score (nSPS) is 21.2. The van der Waals surface area contributed by atoms with Crippen LogP contribution < -0.4 is 10.6 Å². The Morgan fingerprint density at radius 2 is 2.30 bits per heavy atom. The third kappa shape index (κ3) is 3.79. The summed E-state index contributed by atoms with van der Waals surface area (Å²) in [5, 5.41) is 11.1. The van der Waals surface area contributed by atoms with Gasteiger partial charge in [0.25, 0.3) is 0 Å². The van der Waals surface area contributed by atoms with Crippen LogP contribution in [0.3, 0.4) is 0 Å². The molecule has 2 aromatic rings. The van der Waals surface area contributed by atoms with Crippen molar-refractivity contribution in [3.63, 3.8) is 0 Å². The zero-order valence-corrected chi connectivity index (χ0v) is 13.7. The molecule has 1 aromatic carbocycles. The highest BCUT2D eigenvalue weighted by Crippen LogP contribution is 2.24. The van der Waals surface area contributed by atoms with E-state index in [0.29, 0.717) is 6.42 Å². The smallest absolute Gasteiger partial charge is 0.220 e. The Balaban J connectivity index is 1.71. The lowest BCUT2D eigenvalue weighted by atomic mass is 9.93. The van der Waals surface area contributed by atoms with Gasteiger partial charge in [0.05, 0.1) is 12.2 Å². The number of carbonyl (C=O) groups is 1. The molecule has 2 N–H and O–H groups in total. The molecule has 1 saturated heterocycles. The van der Waals surface area contributed by atoms with Crippen molar-refractivity contribution in [1.82, 2.24) is 20.4 Å². The van der Waals surface area contributed by atoms with Gasteiger partial charge < -0.3 is 10.6 Å². The fraction of sp³-hybridized carbons (Fsp3) is 0.444. The first-order valence-corrected chi connectivity index (χ1v) is 8.26. The number of aryl methyl sites for hydroxylation is 2. The third-order valence-electron chi connectivity index (χ3n) is 4.39. The first kappa shape index (κ1) is 15.7. The molecule has 0 radical (unpaired) electrons. The van der Waals surface area contributed by atoms with Crippen LogP contribution in [-0.2, 0) is 17.9 Å². The van der Waals surface area contributed by atoms with E-state index in [0.717, 1.165) is 25.1 Å². The molecule has 0 aliphatic carbocycles. The molecule has 122 valence electrons. The van der Waals surface area contributed by atoms with E-state index in [1.165, 1.54) is 11.1 Å². The summed E-state index contributed by atoms with van der Waals surface area (Å²) in [6, 6.07) is 8.72. The molecule has 1 aromatic heterocycles. The number of carbonyl (C=O) groups excluding carboxylic acids is 1. The van der Waals surface area contributed by atoms with Crippen molar-refractivity contribution in [2.45, 2.75) is 51.9 Å². The summed E-state index contributed by atoms with van der Waals surface area (Å²) >= 11 is 0. The molecule has 2 heterocycles. The molecule has 1 aliphatic heterocycles. The van der Waals surface area contributed by atoms with Crippen molar-refractivity contribution in [3.05, 3.63) is 53.3 Å². The van der Waals surface area contributed by atoms with Crippen LogP contribution in [0.5, 0.6) is 0 Å². The van der Waals surface area contributed by atoms with E-state index < -0.39 is 0 Å². The monoisotopic (exact) mass is 312 g/mol. The highest BCUT2D eigenvalue weighted by atomic mass is 16.1. The van der Waals surface area contributed by atoms with Crippen LogP contribution in [0.15, 0.2) is 36.7 Å². The summed E-state index contributed by atoms with van der Waals surface area (Å²) in [5.74, 6) is 0.118. The van der Waals surface area contributed by atoms with Crippen molar-refractivity contribution in [2.75, 3.05) is 0 Å². The molecule has 1 fully saturated rings. The summed E-state index contributed by atoms with van der Waals surface area (Å²) in [4.78, 5) is 11.8. The summed E-state index contributed by atoms with van der Waals surface area (Å²) in [6.45, 7) is 5.80. The maximum absolute atomic E-state index is 11.8. The number of rotatable bonds is 5. The summed E-state index contributed by atoms with van der Waals surface area (Å²) < 4.78 is 1.90. The fourth-order valence-electron chi connectivity index (χ4n) is 3.12. The molecule has 23 heavy (non-hydrogen) atoms. The molecular weight excluding hydrogens is 288 g/mol.